The van der Waals surface area contributed by atoms with Crippen LogP contribution in [0.5, 0.6) is 0 Å². The first-order valence-electron chi connectivity index (χ1n) is 8.17. The van der Waals surface area contributed by atoms with Gasteiger partial charge in [-0.2, -0.15) is 11.8 Å². The molecule has 3 nitrogen and oxygen atoms in total. The Morgan fingerprint density at radius 2 is 1.96 bits per heavy atom. The van der Waals surface area contributed by atoms with Gasteiger partial charge in [0.15, 0.2) is 5.13 Å². The molecule has 0 fully saturated rings. The molecule has 3 aromatic rings. The van der Waals surface area contributed by atoms with Gasteiger partial charge in [0.1, 0.15) is 0 Å². The molecule has 0 radical (unpaired) electrons. The number of anilines is 2. The van der Waals surface area contributed by atoms with Gasteiger partial charge in [-0.25, -0.2) is 4.98 Å². The predicted molar refractivity (Wildman–Crippen MR) is 113 cm³/mol. The maximum Gasteiger partial charge on any atom is 0.230 e. The molecule has 1 amide bonds. The molecule has 26 heavy (non-hydrogen) atoms. The highest BCUT2D eigenvalue weighted by Gasteiger charge is 2.18. The van der Waals surface area contributed by atoms with Crippen LogP contribution in [0.1, 0.15) is 23.7 Å². The van der Waals surface area contributed by atoms with Gasteiger partial charge >= 0.3 is 0 Å². The summed E-state index contributed by atoms with van der Waals surface area (Å²) in [6, 6.07) is 15.8. The maximum absolute atomic E-state index is 12.2. The third kappa shape index (κ3) is 4.87. The van der Waals surface area contributed by atoms with E-state index in [1.165, 1.54) is 16.9 Å². The second kappa shape index (κ2) is 8.71. The highest BCUT2D eigenvalue weighted by atomic mass is 35.5. The number of benzene rings is 2. The van der Waals surface area contributed by atoms with Crippen molar-refractivity contribution in [2.75, 3.05) is 4.90 Å². The van der Waals surface area contributed by atoms with Crippen LogP contribution in [0, 0.1) is 6.92 Å². The molecular weight excluding hydrogens is 384 g/mol. The zero-order valence-electron chi connectivity index (χ0n) is 14.6. The summed E-state index contributed by atoms with van der Waals surface area (Å²) >= 11 is 9.20. The van der Waals surface area contributed by atoms with Gasteiger partial charge in [-0.3, -0.25) is 9.69 Å². The van der Waals surface area contributed by atoms with Gasteiger partial charge in [0, 0.05) is 28.8 Å². The molecule has 0 saturated heterocycles. The molecule has 134 valence electrons. The second-order valence-corrected chi connectivity index (χ2v) is 8.19. The Labute approximate surface area is 167 Å². The minimum atomic E-state index is -0.0367. The van der Waals surface area contributed by atoms with Crippen LogP contribution in [0.3, 0.4) is 0 Å². The Morgan fingerprint density at radius 1 is 1.19 bits per heavy atom. The lowest BCUT2D eigenvalue weighted by molar-refractivity contribution is -0.115. The first-order valence-corrected chi connectivity index (χ1v) is 10.6. The number of halogens is 1. The number of carbonyl (C=O) groups excluding carboxylic acids is 1. The average molecular weight is 403 g/mol. The molecule has 0 aliphatic rings. The van der Waals surface area contributed by atoms with E-state index in [1.54, 1.807) is 23.6 Å². The Kier molecular flexibility index (Phi) is 6.35. The van der Waals surface area contributed by atoms with E-state index < -0.39 is 0 Å². The van der Waals surface area contributed by atoms with Gasteiger partial charge in [0.25, 0.3) is 0 Å². The SMILES string of the molecule is CC(=O)N(c1cccc(C)c1)c1nc(CSCc2ccc(Cl)cc2)cs1. The quantitative estimate of drug-likeness (QED) is 0.490. The fraction of sp³-hybridized carbons (Fsp3) is 0.200. The van der Waals surface area contributed by atoms with Crippen LogP contribution in [-0.2, 0) is 16.3 Å². The minimum Gasteiger partial charge on any atom is -0.274 e. The van der Waals surface area contributed by atoms with E-state index in [2.05, 4.69) is 4.98 Å². The lowest BCUT2D eigenvalue weighted by Gasteiger charge is -2.18. The van der Waals surface area contributed by atoms with Crippen molar-refractivity contribution in [2.45, 2.75) is 25.4 Å². The Morgan fingerprint density at radius 3 is 2.65 bits per heavy atom. The van der Waals surface area contributed by atoms with E-state index in [0.717, 1.165) is 33.5 Å². The maximum atomic E-state index is 12.2. The van der Waals surface area contributed by atoms with Crippen molar-refractivity contribution in [2.24, 2.45) is 0 Å². The molecule has 0 N–H and O–H groups in total. The van der Waals surface area contributed by atoms with Crippen molar-refractivity contribution >= 4 is 51.4 Å². The number of amides is 1. The number of carbonyl (C=O) groups is 1. The summed E-state index contributed by atoms with van der Waals surface area (Å²) in [5, 5.41) is 3.49. The van der Waals surface area contributed by atoms with E-state index in [4.69, 9.17) is 11.6 Å². The first kappa shape index (κ1) is 19.0. The first-order chi connectivity index (χ1) is 12.5. The summed E-state index contributed by atoms with van der Waals surface area (Å²) in [5.41, 5.74) is 4.19. The van der Waals surface area contributed by atoms with E-state index >= 15 is 0 Å². The molecule has 2 aromatic carbocycles. The summed E-state index contributed by atoms with van der Waals surface area (Å²) in [4.78, 5) is 18.5. The van der Waals surface area contributed by atoms with Gasteiger partial charge in [0.2, 0.25) is 5.91 Å². The van der Waals surface area contributed by atoms with Crippen LogP contribution in [0.2, 0.25) is 5.02 Å². The number of rotatable bonds is 6. The van der Waals surface area contributed by atoms with Crippen LogP contribution in [0.15, 0.2) is 53.9 Å². The molecule has 0 spiro atoms. The number of thiazole rings is 1. The lowest BCUT2D eigenvalue weighted by Crippen LogP contribution is -2.22. The van der Waals surface area contributed by atoms with Gasteiger partial charge < -0.3 is 0 Å². The smallest absolute Gasteiger partial charge is 0.230 e. The van der Waals surface area contributed by atoms with Crippen molar-refractivity contribution in [1.29, 1.82) is 0 Å². The summed E-state index contributed by atoms with van der Waals surface area (Å²) in [6.45, 7) is 3.58. The molecule has 3 rings (SSSR count). The zero-order valence-corrected chi connectivity index (χ0v) is 17.0. The monoisotopic (exact) mass is 402 g/mol. The molecule has 0 saturated carbocycles. The molecule has 1 aromatic heterocycles. The van der Waals surface area contributed by atoms with Gasteiger partial charge in [0.05, 0.1) is 11.4 Å². The highest BCUT2D eigenvalue weighted by molar-refractivity contribution is 7.97. The molecular formula is C20H19ClN2OS2. The standard InChI is InChI=1S/C20H19ClN2OS2/c1-14-4-3-5-19(10-14)23(15(2)24)20-22-18(13-26-20)12-25-11-16-6-8-17(21)9-7-16/h3-10,13H,11-12H2,1-2H3. The van der Waals surface area contributed by atoms with Crippen molar-refractivity contribution in [3.8, 4) is 0 Å². The third-order valence-electron chi connectivity index (χ3n) is 3.74. The molecule has 0 atom stereocenters. The largest absolute Gasteiger partial charge is 0.274 e. The predicted octanol–water partition coefficient (Wildman–Crippen LogP) is 6.22. The van der Waals surface area contributed by atoms with Crippen molar-refractivity contribution in [3.05, 3.63) is 75.8 Å². The van der Waals surface area contributed by atoms with Crippen molar-refractivity contribution in [3.63, 3.8) is 0 Å². The van der Waals surface area contributed by atoms with Crippen molar-refractivity contribution in [1.82, 2.24) is 4.98 Å². The topological polar surface area (TPSA) is 33.2 Å². The average Bonchev–Trinajstić information content (AvgIpc) is 3.05. The van der Waals surface area contributed by atoms with Crippen LogP contribution >= 0.6 is 34.7 Å². The highest BCUT2D eigenvalue weighted by Crippen LogP contribution is 2.30. The zero-order chi connectivity index (χ0) is 18.5. The van der Waals surface area contributed by atoms with Gasteiger partial charge in [-0.1, -0.05) is 35.9 Å². The summed E-state index contributed by atoms with van der Waals surface area (Å²) in [5.74, 6) is 1.67. The van der Waals surface area contributed by atoms with Crippen LogP contribution in [0.25, 0.3) is 0 Å². The Bertz CT molecular complexity index is 893. The fourth-order valence-electron chi connectivity index (χ4n) is 2.51. The lowest BCUT2D eigenvalue weighted by atomic mass is 10.2. The molecule has 0 unspecified atom stereocenters. The summed E-state index contributed by atoms with van der Waals surface area (Å²) < 4.78 is 0. The van der Waals surface area contributed by atoms with E-state index in [9.17, 15) is 4.79 Å². The Hall–Kier alpha value is -1.82. The number of hydrogen-bond donors (Lipinski definition) is 0. The summed E-state index contributed by atoms with van der Waals surface area (Å²) in [6.07, 6.45) is 0. The normalized spacial score (nSPS) is 10.7. The molecule has 6 heteroatoms. The van der Waals surface area contributed by atoms with Crippen LogP contribution < -0.4 is 4.90 Å². The number of aryl methyl sites for hydroxylation is 1. The van der Waals surface area contributed by atoms with Crippen LogP contribution in [0.4, 0.5) is 10.8 Å². The number of hydrogen-bond acceptors (Lipinski definition) is 4. The summed E-state index contributed by atoms with van der Waals surface area (Å²) in [7, 11) is 0. The number of aromatic nitrogens is 1. The van der Waals surface area contributed by atoms with Gasteiger partial charge in [-0.15, -0.1) is 11.3 Å². The second-order valence-electron chi connectivity index (χ2n) is 5.93. The van der Waals surface area contributed by atoms with E-state index in [1.807, 2.05) is 60.8 Å². The van der Waals surface area contributed by atoms with Crippen LogP contribution in [-0.4, -0.2) is 10.9 Å². The molecule has 0 aliphatic heterocycles. The molecule has 0 bridgehead atoms. The fourth-order valence-corrected chi connectivity index (χ4v) is 4.52. The number of nitrogens with zero attached hydrogens (tertiary/aromatic N) is 2. The van der Waals surface area contributed by atoms with Crippen molar-refractivity contribution < 1.29 is 4.79 Å². The Balaban J connectivity index is 1.67. The third-order valence-corrected chi connectivity index (χ3v) is 5.90. The number of thioether (sulfide) groups is 1. The molecule has 1 heterocycles. The van der Waals surface area contributed by atoms with Gasteiger partial charge in [-0.05, 0) is 42.3 Å². The van der Waals surface area contributed by atoms with E-state index in [-0.39, 0.29) is 5.91 Å². The minimum absolute atomic E-state index is 0.0367. The van der Waals surface area contributed by atoms with E-state index in [0.29, 0.717) is 5.13 Å². The molecule has 0 aliphatic carbocycles.